The maximum absolute atomic E-state index is 11.7. The van der Waals surface area contributed by atoms with Gasteiger partial charge in [0.2, 0.25) is 5.91 Å². The van der Waals surface area contributed by atoms with E-state index in [0.717, 1.165) is 4.88 Å². The van der Waals surface area contributed by atoms with Crippen molar-refractivity contribution in [2.24, 2.45) is 0 Å². The quantitative estimate of drug-likeness (QED) is 0.675. The SMILES string of the molecule is N#Cc1cccc(NC(=S)NC(=O)C=Cc2cccs2)c1. The van der Waals surface area contributed by atoms with Crippen LogP contribution in [-0.2, 0) is 4.79 Å². The lowest BCUT2D eigenvalue weighted by molar-refractivity contribution is -0.115. The number of carbonyl (C=O) groups is 1. The van der Waals surface area contributed by atoms with Crippen LogP contribution in [0, 0.1) is 11.3 Å². The summed E-state index contributed by atoms with van der Waals surface area (Å²) in [6.45, 7) is 0. The van der Waals surface area contributed by atoms with E-state index in [2.05, 4.69) is 10.6 Å². The van der Waals surface area contributed by atoms with Crippen LogP contribution in [0.1, 0.15) is 10.4 Å². The highest BCUT2D eigenvalue weighted by molar-refractivity contribution is 7.80. The molecule has 0 radical (unpaired) electrons. The number of nitrogens with zero attached hydrogens (tertiary/aromatic N) is 1. The first-order valence-corrected chi connectivity index (χ1v) is 7.30. The first kappa shape index (κ1) is 14.9. The Morgan fingerprint density at radius 2 is 2.19 bits per heavy atom. The zero-order valence-corrected chi connectivity index (χ0v) is 12.5. The lowest BCUT2D eigenvalue weighted by atomic mass is 10.2. The highest BCUT2D eigenvalue weighted by atomic mass is 32.1. The lowest BCUT2D eigenvalue weighted by Gasteiger charge is -2.08. The first-order valence-electron chi connectivity index (χ1n) is 6.01. The Morgan fingerprint density at radius 3 is 2.90 bits per heavy atom. The highest BCUT2D eigenvalue weighted by Crippen LogP contribution is 2.10. The summed E-state index contributed by atoms with van der Waals surface area (Å²) in [5.74, 6) is -0.308. The van der Waals surface area contributed by atoms with Crippen LogP contribution in [0.3, 0.4) is 0 Å². The molecule has 2 N–H and O–H groups in total. The van der Waals surface area contributed by atoms with E-state index in [0.29, 0.717) is 11.3 Å². The van der Waals surface area contributed by atoms with Crippen LogP contribution in [0.2, 0.25) is 0 Å². The van der Waals surface area contributed by atoms with Gasteiger partial charge in [0, 0.05) is 16.6 Å². The number of nitrogens with one attached hydrogen (secondary N) is 2. The fraction of sp³-hybridized carbons (Fsp3) is 0. The number of nitriles is 1. The third-order valence-corrected chi connectivity index (χ3v) is 3.47. The van der Waals surface area contributed by atoms with Crippen molar-refractivity contribution in [2.45, 2.75) is 0 Å². The molecule has 1 amide bonds. The van der Waals surface area contributed by atoms with Crippen molar-refractivity contribution in [1.82, 2.24) is 5.32 Å². The number of thiocarbonyl (C=S) groups is 1. The molecular weight excluding hydrogens is 302 g/mol. The average molecular weight is 313 g/mol. The average Bonchev–Trinajstić information content (AvgIpc) is 2.98. The monoisotopic (exact) mass is 313 g/mol. The summed E-state index contributed by atoms with van der Waals surface area (Å²) in [6, 6.07) is 12.7. The van der Waals surface area contributed by atoms with Gasteiger partial charge in [-0.25, -0.2) is 0 Å². The molecule has 1 aromatic carbocycles. The summed E-state index contributed by atoms with van der Waals surface area (Å²) in [5.41, 5.74) is 1.17. The second kappa shape index (κ2) is 7.33. The molecule has 104 valence electrons. The van der Waals surface area contributed by atoms with Gasteiger partial charge in [0.05, 0.1) is 11.6 Å². The molecule has 0 aliphatic rings. The van der Waals surface area contributed by atoms with E-state index >= 15 is 0 Å². The molecule has 1 aromatic heterocycles. The van der Waals surface area contributed by atoms with Gasteiger partial charge < -0.3 is 5.32 Å². The maximum atomic E-state index is 11.7. The van der Waals surface area contributed by atoms with E-state index in [9.17, 15) is 4.79 Å². The van der Waals surface area contributed by atoms with E-state index in [4.69, 9.17) is 17.5 Å². The van der Waals surface area contributed by atoms with Crippen molar-refractivity contribution in [3.8, 4) is 6.07 Å². The maximum Gasteiger partial charge on any atom is 0.250 e. The molecule has 4 nitrogen and oxygen atoms in total. The zero-order chi connectivity index (χ0) is 15.1. The lowest BCUT2D eigenvalue weighted by Crippen LogP contribution is -2.32. The first-order chi connectivity index (χ1) is 10.2. The number of anilines is 1. The Labute approximate surface area is 131 Å². The van der Waals surface area contributed by atoms with Gasteiger partial charge in [-0.15, -0.1) is 11.3 Å². The summed E-state index contributed by atoms with van der Waals surface area (Å²) in [7, 11) is 0. The third-order valence-electron chi connectivity index (χ3n) is 2.43. The molecule has 0 aliphatic carbocycles. The number of amides is 1. The molecule has 2 aromatic rings. The van der Waals surface area contributed by atoms with Crippen LogP contribution in [0.5, 0.6) is 0 Å². The van der Waals surface area contributed by atoms with Crippen molar-refractivity contribution < 1.29 is 4.79 Å². The van der Waals surface area contributed by atoms with Gasteiger partial charge in [0.1, 0.15) is 0 Å². The van der Waals surface area contributed by atoms with Gasteiger partial charge in [0.15, 0.2) is 5.11 Å². The van der Waals surface area contributed by atoms with Gasteiger partial charge in [-0.1, -0.05) is 12.1 Å². The zero-order valence-electron chi connectivity index (χ0n) is 10.9. The van der Waals surface area contributed by atoms with Gasteiger partial charge in [-0.2, -0.15) is 5.26 Å². The van der Waals surface area contributed by atoms with Crippen molar-refractivity contribution in [2.75, 3.05) is 5.32 Å². The van der Waals surface area contributed by atoms with Crippen LogP contribution in [-0.4, -0.2) is 11.0 Å². The molecule has 2 rings (SSSR count). The summed E-state index contributed by atoms with van der Waals surface area (Å²) in [4.78, 5) is 12.7. The van der Waals surface area contributed by atoms with E-state index in [1.54, 1.807) is 41.7 Å². The molecule has 1 heterocycles. The van der Waals surface area contributed by atoms with E-state index in [1.807, 2.05) is 23.6 Å². The molecule has 0 saturated carbocycles. The number of benzene rings is 1. The minimum absolute atomic E-state index is 0.186. The van der Waals surface area contributed by atoms with Gasteiger partial charge in [-0.05, 0) is 47.9 Å². The van der Waals surface area contributed by atoms with Gasteiger partial charge >= 0.3 is 0 Å². The highest BCUT2D eigenvalue weighted by Gasteiger charge is 2.02. The number of hydrogen-bond acceptors (Lipinski definition) is 4. The molecule has 0 fully saturated rings. The number of hydrogen-bond donors (Lipinski definition) is 2. The molecule has 21 heavy (non-hydrogen) atoms. The Kier molecular flexibility index (Phi) is 5.21. The van der Waals surface area contributed by atoms with Crippen LogP contribution < -0.4 is 10.6 Å². The molecule has 0 saturated heterocycles. The summed E-state index contributed by atoms with van der Waals surface area (Å²) in [5, 5.41) is 16.3. The predicted octanol–water partition coefficient (Wildman–Crippen LogP) is 3.15. The minimum atomic E-state index is -0.308. The molecule has 0 unspecified atom stereocenters. The summed E-state index contributed by atoms with van der Waals surface area (Å²) in [6.07, 6.45) is 3.14. The van der Waals surface area contributed by atoms with Gasteiger partial charge in [0.25, 0.3) is 0 Å². The molecule has 0 bridgehead atoms. The standard InChI is InChI=1S/C15H11N3OS2/c16-10-11-3-1-4-12(9-11)17-15(20)18-14(19)7-6-13-5-2-8-21-13/h1-9H,(H2,17,18,19,20). The second-order valence-corrected chi connectivity index (χ2v) is 5.37. The predicted molar refractivity (Wildman–Crippen MR) is 88.9 cm³/mol. The Morgan fingerprint density at radius 1 is 1.33 bits per heavy atom. The Hall–Kier alpha value is -2.49. The van der Waals surface area contributed by atoms with Crippen LogP contribution >= 0.6 is 23.6 Å². The number of thiophene rings is 1. The Balaban J connectivity index is 1.89. The second-order valence-electron chi connectivity index (χ2n) is 3.98. The topological polar surface area (TPSA) is 64.9 Å². The smallest absolute Gasteiger partial charge is 0.250 e. The largest absolute Gasteiger partial charge is 0.332 e. The number of carbonyl (C=O) groups excluding carboxylic acids is 1. The van der Waals surface area contributed by atoms with Crippen molar-refractivity contribution in [3.63, 3.8) is 0 Å². The molecule has 0 spiro atoms. The third kappa shape index (κ3) is 4.84. The van der Waals surface area contributed by atoms with E-state index in [-0.39, 0.29) is 11.0 Å². The Bertz CT molecular complexity index is 715. The van der Waals surface area contributed by atoms with Gasteiger partial charge in [-0.3, -0.25) is 10.1 Å². The molecular formula is C15H11N3OS2. The molecule has 0 atom stereocenters. The molecule has 0 aliphatic heterocycles. The fourth-order valence-electron chi connectivity index (χ4n) is 1.53. The van der Waals surface area contributed by atoms with E-state index in [1.165, 1.54) is 6.08 Å². The van der Waals surface area contributed by atoms with Crippen LogP contribution in [0.4, 0.5) is 5.69 Å². The number of rotatable bonds is 3. The molecule has 6 heteroatoms. The summed E-state index contributed by atoms with van der Waals surface area (Å²) >= 11 is 6.59. The van der Waals surface area contributed by atoms with Crippen molar-refractivity contribution in [1.29, 1.82) is 5.26 Å². The fourth-order valence-corrected chi connectivity index (χ4v) is 2.36. The van der Waals surface area contributed by atoms with Crippen LogP contribution in [0.15, 0.2) is 47.9 Å². The normalized spacial score (nSPS) is 10.0. The van der Waals surface area contributed by atoms with Crippen LogP contribution in [0.25, 0.3) is 6.08 Å². The minimum Gasteiger partial charge on any atom is -0.332 e. The van der Waals surface area contributed by atoms with E-state index < -0.39 is 0 Å². The van der Waals surface area contributed by atoms with Crippen molar-refractivity contribution >= 4 is 46.3 Å². The summed E-state index contributed by atoms with van der Waals surface area (Å²) < 4.78 is 0. The van der Waals surface area contributed by atoms with Crippen molar-refractivity contribution in [3.05, 3.63) is 58.3 Å².